The van der Waals surface area contributed by atoms with E-state index in [0.29, 0.717) is 0 Å². The van der Waals surface area contributed by atoms with Crippen molar-refractivity contribution in [3.8, 4) is 0 Å². The van der Waals surface area contributed by atoms with Crippen LogP contribution in [-0.4, -0.2) is 35.0 Å². The highest BCUT2D eigenvalue weighted by Gasteiger charge is 2.87. The number of halogens is 11. The van der Waals surface area contributed by atoms with Gasteiger partial charge in [-0.2, -0.15) is 48.3 Å². The number of alkyl halides is 11. The Labute approximate surface area is 152 Å². The van der Waals surface area contributed by atoms with Gasteiger partial charge in [-0.3, -0.25) is 0 Å². The standard InChI is InChI=1S/C16H15F11O/c1-8(2)9-5-3-4-6-10(9)11(28)7-12(17,18)13(19,20)14(21,22)15(23,24)16(25,26)27/h3-6,8,11,28H,7H2,1-2H3. The molecule has 0 spiro atoms. The summed E-state index contributed by atoms with van der Waals surface area (Å²) in [7, 11) is 0. The Morgan fingerprint density at radius 3 is 1.54 bits per heavy atom. The van der Waals surface area contributed by atoms with Gasteiger partial charge >= 0.3 is 29.9 Å². The lowest BCUT2D eigenvalue weighted by Crippen LogP contribution is -2.66. The van der Waals surface area contributed by atoms with Crippen LogP contribution in [0.3, 0.4) is 0 Å². The van der Waals surface area contributed by atoms with Gasteiger partial charge < -0.3 is 5.11 Å². The van der Waals surface area contributed by atoms with Crippen molar-refractivity contribution in [2.45, 2.75) is 62.2 Å². The van der Waals surface area contributed by atoms with Crippen molar-refractivity contribution >= 4 is 0 Å². The summed E-state index contributed by atoms with van der Waals surface area (Å²) in [6.07, 6.45) is -12.2. The fraction of sp³-hybridized carbons (Fsp3) is 0.625. The van der Waals surface area contributed by atoms with Gasteiger partial charge in [0.15, 0.2) is 0 Å². The Hall–Kier alpha value is -1.59. The number of benzene rings is 1. The zero-order valence-electron chi connectivity index (χ0n) is 14.3. The molecule has 1 aromatic carbocycles. The Morgan fingerprint density at radius 1 is 0.714 bits per heavy atom. The van der Waals surface area contributed by atoms with Crippen LogP contribution in [0.25, 0.3) is 0 Å². The first-order chi connectivity index (χ1) is 12.3. The number of aliphatic hydroxyl groups excluding tert-OH is 1. The second-order valence-corrected chi connectivity index (χ2v) is 6.43. The second kappa shape index (κ2) is 7.34. The summed E-state index contributed by atoms with van der Waals surface area (Å²) >= 11 is 0. The summed E-state index contributed by atoms with van der Waals surface area (Å²) < 4.78 is 143. The molecule has 1 unspecified atom stereocenters. The van der Waals surface area contributed by atoms with Gasteiger partial charge in [-0.15, -0.1) is 0 Å². The van der Waals surface area contributed by atoms with E-state index in [1.807, 2.05) is 0 Å². The van der Waals surface area contributed by atoms with Crippen molar-refractivity contribution in [2.24, 2.45) is 0 Å². The molecule has 162 valence electrons. The lowest BCUT2D eigenvalue weighted by atomic mass is 9.88. The van der Waals surface area contributed by atoms with Crippen LogP contribution in [0.5, 0.6) is 0 Å². The first-order valence-corrected chi connectivity index (χ1v) is 7.66. The molecule has 1 atom stereocenters. The van der Waals surface area contributed by atoms with Crippen LogP contribution in [0, 0.1) is 0 Å². The molecule has 0 aliphatic rings. The first kappa shape index (κ1) is 24.4. The SMILES string of the molecule is CC(C)c1ccccc1C(O)CC(F)(F)C(F)(F)C(F)(F)C(F)(F)C(F)(F)F. The summed E-state index contributed by atoms with van der Waals surface area (Å²) in [6.45, 7) is 3.05. The van der Waals surface area contributed by atoms with Crippen LogP contribution in [0.4, 0.5) is 48.3 Å². The predicted molar refractivity (Wildman–Crippen MR) is 76.0 cm³/mol. The summed E-state index contributed by atoms with van der Waals surface area (Å²) in [5.41, 5.74) is -0.208. The number of aliphatic hydroxyl groups is 1. The van der Waals surface area contributed by atoms with E-state index in [9.17, 15) is 53.4 Å². The largest absolute Gasteiger partial charge is 0.460 e. The first-order valence-electron chi connectivity index (χ1n) is 7.66. The van der Waals surface area contributed by atoms with Gasteiger partial charge in [-0.1, -0.05) is 38.1 Å². The van der Waals surface area contributed by atoms with E-state index in [2.05, 4.69) is 0 Å². The van der Waals surface area contributed by atoms with Gasteiger partial charge in [-0.05, 0) is 17.0 Å². The topological polar surface area (TPSA) is 20.2 Å². The third kappa shape index (κ3) is 3.92. The summed E-state index contributed by atoms with van der Waals surface area (Å²) in [5.74, 6) is -28.6. The van der Waals surface area contributed by atoms with Crippen LogP contribution in [-0.2, 0) is 0 Å². The fourth-order valence-corrected chi connectivity index (χ4v) is 2.43. The van der Waals surface area contributed by atoms with Gasteiger partial charge in [-0.25, -0.2) is 0 Å². The quantitative estimate of drug-likeness (QED) is 0.499. The maximum atomic E-state index is 13.8. The number of rotatable bonds is 7. The van der Waals surface area contributed by atoms with Gasteiger partial charge in [0, 0.05) is 6.42 Å². The van der Waals surface area contributed by atoms with Crippen molar-refractivity contribution in [3.05, 3.63) is 35.4 Å². The molecule has 0 amide bonds. The van der Waals surface area contributed by atoms with Crippen molar-refractivity contribution in [3.63, 3.8) is 0 Å². The predicted octanol–water partition coefficient (Wildman–Crippen LogP) is 6.34. The van der Waals surface area contributed by atoms with Crippen molar-refractivity contribution < 1.29 is 53.4 Å². The molecular formula is C16H15F11O. The minimum absolute atomic E-state index is 0.168. The Morgan fingerprint density at radius 2 is 1.14 bits per heavy atom. The molecular weight excluding hydrogens is 417 g/mol. The molecule has 1 aromatic rings. The van der Waals surface area contributed by atoms with Crippen molar-refractivity contribution in [1.29, 1.82) is 0 Å². The van der Waals surface area contributed by atoms with Crippen LogP contribution in [0.1, 0.15) is 43.4 Å². The van der Waals surface area contributed by atoms with Crippen molar-refractivity contribution in [2.75, 3.05) is 0 Å². The minimum Gasteiger partial charge on any atom is -0.388 e. The molecule has 0 heterocycles. The molecule has 1 N–H and O–H groups in total. The van der Waals surface area contributed by atoms with Gasteiger partial charge in [0.2, 0.25) is 0 Å². The average Bonchev–Trinajstić information content (AvgIpc) is 2.52. The van der Waals surface area contributed by atoms with Crippen LogP contribution >= 0.6 is 0 Å². The minimum atomic E-state index is -7.47. The number of hydrogen-bond acceptors (Lipinski definition) is 1. The smallest absolute Gasteiger partial charge is 0.388 e. The third-order valence-corrected chi connectivity index (χ3v) is 4.03. The molecule has 28 heavy (non-hydrogen) atoms. The summed E-state index contributed by atoms with van der Waals surface area (Å²) in [5, 5.41) is 9.81. The molecule has 0 saturated heterocycles. The van der Waals surface area contributed by atoms with Gasteiger partial charge in [0.25, 0.3) is 0 Å². The van der Waals surface area contributed by atoms with E-state index < -0.39 is 48.3 Å². The number of hydrogen-bond donors (Lipinski definition) is 1. The Kier molecular flexibility index (Phi) is 6.41. The van der Waals surface area contributed by atoms with E-state index in [4.69, 9.17) is 0 Å². The highest BCUT2D eigenvalue weighted by atomic mass is 19.4. The monoisotopic (exact) mass is 432 g/mol. The summed E-state index contributed by atoms with van der Waals surface area (Å²) in [6, 6.07) is 4.92. The molecule has 0 aliphatic carbocycles. The fourth-order valence-electron chi connectivity index (χ4n) is 2.43. The van der Waals surface area contributed by atoms with Gasteiger partial charge in [0.1, 0.15) is 0 Å². The maximum absolute atomic E-state index is 13.8. The van der Waals surface area contributed by atoms with Gasteiger partial charge in [0.05, 0.1) is 6.10 Å². The zero-order valence-corrected chi connectivity index (χ0v) is 14.3. The molecule has 0 aromatic heterocycles. The van der Waals surface area contributed by atoms with E-state index >= 15 is 0 Å². The van der Waals surface area contributed by atoms with E-state index in [0.717, 1.165) is 6.07 Å². The van der Waals surface area contributed by atoms with E-state index in [-0.39, 0.29) is 11.1 Å². The highest BCUT2D eigenvalue weighted by molar-refractivity contribution is 5.32. The molecule has 0 saturated carbocycles. The normalized spacial score (nSPS) is 15.8. The highest BCUT2D eigenvalue weighted by Crippen LogP contribution is 2.58. The Balaban J connectivity index is 3.31. The lowest BCUT2D eigenvalue weighted by molar-refractivity contribution is -0.423. The van der Waals surface area contributed by atoms with Crippen LogP contribution in [0.2, 0.25) is 0 Å². The molecule has 1 rings (SSSR count). The molecule has 0 radical (unpaired) electrons. The molecule has 1 nitrogen and oxygen atoms in total. The van der Waals surface area contributed by atoms with Crippen LogP contribution in [0.15, 0.2) is 24.3 Å². The second-order valence-electron chi connectivity index (χ2n) is 6.43. The molecule has 0 aliphatic heterocycles. The third-order valence-electron chi connectivity index (χ3n) is 4.03. The van der Waals surface area contributed by atoms with E-state index in [1.54, 1.807) is 0 Å². The molecule has 12 heteroatoms. The van der Waals surface area contributed by atoms with Crippen LogP contribution < -0.4 is 0 Å². The maximum Gasteiger partial charge on any atom is 0.460 e. The zero-order chi connectivity index (χ0) is 22.3. The molecule has 0 fully saturated rings. The summed E-state index contributed by atoms with van der Waals surface area (Å²) in [4.78, 5) is 0. The Bertz CT molecular complexity index is 679. The van der Waals surface area contributed by atoms with Crippen molar-refractivity contribution in [1.82, 2.24) is 0 Å². The molecule has 0 bridgehead atoms. The lowest BCUT2D eigenvalue weighted by Gasteiger charge is -2.38. The average molecular weight is 432 g/mol. The van der Waals surface area contributed by atoms with E-state index in [1.165, 1.54) is 32.0 Å².